The van der Waals surface area contributed by atoms with Gasteiger partial charge in [0.05, 0.1) is 0 Å². The number of hydrogen-bond acceptors (Lipinski definition) is 4. The smallest absolute Gasteiger partial charge is 0.333 e. The van der Waals surface area contributed by atoms with Gasteiger partial charge in [-0.1, -0.05) is 26.7 Å². The summed E-state index contributed by atoms with van der Waals surface area (Å²) in [5.74, 6) is -2.17. The molecule has 2 N–H and O–H groups in total. The summed E-state index contributed by atoms with van der Waals surface area (Å²) in [5.41, 5.74) is -2.70. The molecule has 0 aliphatic carbocycles. The van der Waals surface area contributed by atoms with E-state index in [2.05, 4.69) is 10.2 Å². The van der Waals surface area contributed by atoms with Crippen LogP contribution < -0.4 is 0 Å². The number of azo groups is 1. The lowest BCUT2D eigenvalue weighted by molar-refractivity contribution is -0.145. The quantitative estimate of drug-likeness (QED) is 0.654. The normalized spacial score (nSPS) is 18.2. The highest BCUT2D eigenvalue weighted by Gasteiger charge is 2.37. The second-order valence-electron chi connectivity index (χ2n) is 4.86. The van der Waals surface area contributed by atoms with Crippen molar-refractivity contribution in [2.75, 3.05) is 0 Å². The van der Waals surface area contributed by atoms with E-state index in [-0.39, 0.29) is 0 Å². The minimum absolute atomic E-state index is 0.327. The summed E-state index contributed by atoms with van der Waals surface area (Å²) in [4.78, 5) is 22.3. The van der Waals surface area contributed by atoms with Gasteiger partial charge in [0.1, 0.15) is 0 Å². The maximum absolute atomic E-state index is 11.2. The molecule has 0 radical (unpaired) electrons. The molecule has 0 spiro atoms. The summed E-state index contributed by atoms with van der Waals surface area (Å²) >= 11 is 0. The first-order valence-corrected chi connectivity index (χ1v) is 6.12. The van der Waals surface area contributed by atoms with Crippen LogP contribution in [0.2, 0.25) is 0 Å². The predicted octanol–water partition coefficient (Wildman–Crippen LogP) is 2.73. The zero-order chi connectivity index (χ0) is 14.4. The molecule has 2 unspecified atom stereocenters. The van der Waals surface area contributed by atoms with E-state index < -0.39 is 23.0 Å². The summed E-state index contributed by atoms with van der Waals surface area (Å²) in [6.07, 6.45) is 1.93. The molecule has 0 bridgehead atoms. The largest absolute Gasteiger partial charge is 0.479 e. The molecule has 0 saturated heterocycles. The van der Waals surface area contributed by atoms with Gasteiger partial charge in [0.15, 0.2) is 11.1 Å². The van der Waals surface area contributed by atoms with Crippen molar-refractivity contribution in [2.45, 2.75) is 64.5 Å². The molecule has 0 aromatic heterocycles. The average molecular weight is 258 g/mol. The van der Waals surface area contributed by atoms with Crippen LogP contribution >= 0.6 is 0 Å². The van der Waals surface area contributed by atoms with Crippen LogP contribution in [0.1, 0.15) is 53.4 Å². The van der Waals surface area contributed by atoms with E-state index in [1.807, 2.05) is 13.8 Å². The lowest BCUT2D eigenvalue weighted by atomic mass is 9.96. The third-order valence-corrected chi connectivity index (χ3v) is 2.89. The topological polar surface area (TPSA) is 99.3 Å². The Morgan fingerprint density at radius 3 is 1.33 bits per heavy atom. The number of hydrogen-bond donors (Lipinski definition) is 2. The zero-order valence-corrected chi connectivity index (χ0v) is 11.4. The molecule has 18 heavy (non-hydrogen) atoms. The van der Waals surface area contributed by atoms with Gasteiger partial charge in [-0.25, -0.2) is 9.59 Å². The summed E-state index contributed by atoms with van der Waals surface area (Å²) in [6.45, 7) is 6.60. The predicted molar refractivity (Wildman–Crippen MR) is 66.8 cm³/mol. The van der Waals surface area contributed by atoms with Gasteiger partial charge in [0.2, 0.25) is 0 Å². The fraction of sp³-hybridized carbons (Fsp3) is 0.833. The van der Waals surface area contributed by atoms with Crippen LogP contribution in [0, 0.1) is 0 Å². The Labute approximate surface area is 107 Å². The van der Waals surface area contributed by atoms with Gasteiger partial charge in [0, 0.05) is 0 Å². The Kier molecular flexibility index (Phi) is 5.94. The Hall–Kier alpha value is -1.46. The molecule has 0 fully saturated rings. The molecule has 0 aromatic carbocycles. The molecule has 6 heteroatoms. The van der Waals surface area contributed by atoms with Gasteiger partial charge in [-0.2, -0.15) is 10.2 Å². The molecule has 6 nitrogen and oxygen atoms in total. The van der Waals surface area contributed by atoms with Crippen molar-refractivity contribution in [3.05, 3.63) is 0 Å². The minimum atomic E-state index is -1.35. The first kappa shape index (κ1) is 16.5. The van der Waals surface area contributed by atoms with Crippen molar-refractivity contribution in [3.8, 4) is 0 Å². The number of rotatable bonds is 8. The second-order valence-corrected chi connectivity index (χ2v) is 4.86. The minimum Gasteiger partial charge on any atom is -0.479 e. The third-order valence-electron chi connectivity index (χ3n) is 2.89. The highest BCUT2D eigenvalue weighted by Crippen LogP contribution is 2.24. The van der Waals surface area contributed by atoms with Crippen LogP contribution in [0.5, 0.6) is 0 Å². The molecule has 104 valence electrons. The second kappa shape index (κ2) is 6.47. The van der Waals surface area contributed by atoms with Crippen LogP contribution in [-0.2, 0) is 9.59 Å². The molecule has 0 saturated carbocycles. The van der Waals surface area contributed by atoms with Crippen LogP contribution in [-0.4, -0.2) is 33.2 Å². The number of carboxylic acids is 2. The Balaban J connectivity index is 5.16. The number of aliphatic carboxylic acids is 2. The SMILES string of the molecule is CCCC(C)(/N=N/C(C)(CCC)C(=O)O)C(=O)O. The Morgan fingerprint density at radius 2 is 1.17 bits per heavy atom. The van der Waals surface area contributed by atoms with E-state index in [1.54, 1.807) is 0 Å². The maximum Gasteiger partial charge on any atom is 0.333 e. The number of carbonyl (C=O) groups is 2. The van der Waals surface area contributed by atoms with Crippen molar-refractivity contribution in [1.82, 2.24) is 0 Å². The van der Waals surface area contributed by atoms with Gasteiger partial charge in [-0.15, -0.1) is 0 Å². The summed E-state index contributed by atoms with van der Waals surface area (Å²) in [6, 6.07) is 0. The van der Waals surface area contributed by atoms with Crippen molar-refractivity contribution < 1.29 is 19.8 Å². The van der Waals surface area contributed by atoms with Crippen molar-refractivity contribution in [3.63, 3.8) is 0 Å². The van der Waals surface area contributed by atoms with Gasteiger partial charge < -0.3 is 10.2 Å². The van der Waals surface area contributed by atoms with Crippen molar-refractivity contribution >= 4 is 11.9 Å². The molecule has 0 heterocycles. The van der Waals surface area contributed by atoms with E-state index in [4.69, 9.17) is 10.2 Å². The van der Waals surface area contributed by atoms with Crippen LogP contribution in [0.25, 0.3) is 0 Å². The molecule has 2 atom stereocenters. The Morgan fingerprint density at radius 1 is 0.889 bits per heavy atom. The lowest BCUT2D eigenvalue weighted by Gasteiger charge is -2.22. The van der Waals surface area contributed by atoms with Crippen LogP contribution in [0.4, 0.5) is 0 Å². The van der Waals surface area contributed by atoms with Gasteiger partial charge >= 0.3 is 11.9 Å². The van der Waals surface area contributed by atoms with E-state index in [0.29, 0.717) is 25.7 Å². The monoisotopic (exact) mass is 258 g/mol. The number of carboxylic acid groups (broad SMARTS) is 2. The zero-order valence-electron chi connectivity index (χ0n) is 11.4. The number of nitrogens with zero attached hydrogens (tertiary/aromatic N) is 2. The van der Waals surface area contributed by atoms with Gasteiger partial charge in [-0.05, 0) is 26.7 Å². The maximum atomic E-state index is 11.2. The average Bonchev–Trinajstić information content (AvgIpc) is 2.27. The van der Waals surface area contributed by atoms with Crippen molar-refractivity contribution in [1.29, 1.82) is 0 Å². The molecular weight excluding hydrogens is 236 g/mol. The van der Waals surface area contributed by atoms with Crippen LogP contribution in [0.3, 0.4) is 0 Å². The fourth-order valence-electron chi connectivity index (χ4n) is 1.59. The van der Waals surface area contributed by atoms with Gasteiger partial charge in [0.25, 0.3) is 0 Å². The first-order valence-electron chi connectivity index (χ1n) is 6.12. The fourth-order valence-corrected chi connectivity index (χ4v) is 1.59. The first-order chi connectivity index (χ1) is 8.22. The summed E-state index contributed by atoms with van der Waals surface area (Å²) < 4.78 is 0. The van der Waals surface area contributed by atoms with Gasteiger partial charge in [-0.3, -0.25) is 0 Å². The third kappa shape index (κ3) is 4.09. The molecule has 0 aliphatic heterocycles. The molecule has 0 aromatic rings. The van der Waals surface area contributed by atoms with Crippen LogP contribution in [0.15, 0.2) is 10.2 Å². The molecular formula is C12H22N2O4. The molecule has 0 amide bonds. The summed E-state index contributed by atoms with van der Waals surface area (Å²) in [5, 5.41) is 25.9. The molecule has 0 aliphatic rings. The van der Waals surface area contributed by atoms with E-state index in [0.717, 1.165) is 0 Å². The van der Waals surface area contributed by atoms with E-state index >= 15 is 0 Å². The van der Waals surface area contributed by atoms with Crippen molar-refractivity contribution in [2.24, 2.45) is 10.2 Å². The van der Waals surface area contributed by atoms with E-state index in [9.17, 15) is 9.59 Å². The summed E-state index contributed by atoms with van der Waals surface area (Å²) in [7, 11) is 0. The lowest BCUT2D eigenvalue weighted by Crippen LogP contribution is -2.36. The van der Waals surface area contributed by atoms with E-state index in [1.165, 1.54) is 13.8 Å². The highest BCUT2D eigenvalue weighted by atomic mass is 16.4. The molecule has 0 rings (SSSR count). The Bertz CT molecular complexity index is 311. The standard InChI is InChI=1S/C12H22N2O4/c1-5-7-11(3,9(15)16)13-14-12(4,8-6-2)10(17)18/h5-8H2,1-4H3,(H,15,16)(H,17,18)/b14-13+. The highest BCUT2D eigenvalue weighted by molar-refractivity contribution is 5.79.